The number of aromatic nitrogens is 8. The van der Waals surface area contributed by atoms with E-state index < -0.39 is 0 Å². The van der Waals surface area contributed by atoms with Gasteiger partial charge in [-0.25, -0.2) is 4.68 Å². The molecule has 0 bridgehead atoms. The average molecular weight is 502 g/mol. The van der Waals surface area contributed by atoms with Crippen molar-refractivity contribution in [3.05, 3.63) is 108 Å². The lowest BCUT2D eigenvalue weighted by Gasteiger charge is -2.25. The molecule has 10 heteroatoms. The summed E-state index contributed by atoms with van der Waals surface area (Å²) in [6, 6.07) is 25.6. The molecule has 1 N–H and O–H groups in total. The van der Waals surface area contributed by atoms with Crippen molar-refractivity contribution in [2.45, 2.75) is 13.0 Å². The number of aryl methyl sites for hydroxylation is 1. The fraction of sp³-hybridized carbons (Fsp3) is 0.107. The second kappa shape index (κ2) is 8.70. The lowest BCUT2D eigenvalue weighted by atomic mass is 10.0. The van der Waals surface area contributed by atoms with Crippen molar-refractivity contribution < 1.29 is 4.74 Å². The van der Waals surface area contributed by atoms with Gasteiger partial charge in [0.05, 0.1) is 30.0 Å². The van der Waals surface area contributed by atoms with Crippen LogP contribution in [0.2, 0.25) is 0 Å². The predicted octanol–water partition coefficient (Wildman–Crippen LogP) is 4.57. The van der Waals surface area contributed by atoms with Crippen LogP contribution in [0.4, 0.5) is 5.95 Å². The van der Waals surface area contributed by atoms with Crippen molar-refractivity contribution in [2.24, 2.45) is 0 Å². The third kappa shape index (κ3) is 3.46. The number of methoxy groups -OCH3 is 1. The van der Waals surface area contributed by atoms with E-state index in [4.69, 9.17) is 9.84 Å². The summed E-state index contributed by atoms with van der Waals surface area (Å²) in [6.45, 7) is 2.02. The van der Waals surface area contributed by atoms with Crippen LogP contribution in [0.25, 0.3) is 28.2 Å². The lowest BCUT2D eigenvalue weighted by Crippen LogP contribution is -2.21. The summed E-state index contributed by atoms with van der Waals surface area (Å²) in [4.78, 5) is 0. The van der Waals surface area contributed by atoms with Crippen molar-refractivity contribution in [1.29, 1.82) is 0 Å². The molecule has 3 aromatic heterocycles. The largest absolute Gasteiger partial charge is 0.497 e. The molecule has 0 spiro atoms. The van der Waals surface area contributed by atoms with Gasteiger partial charge >= 0.3 is 0 Å². The molecule has 1 atom stereocenters. The van der Waals surface area contributed by atoms with Crippen LogP contribution in [0.5, 0.6) is 5.75 Å². The number of benzene rings is 3. The van der Waals surface area contributed by atoms with Crippen LogP contribution >= 0.6 is 0 Å². The van der Waals surface area contributed by atoms with Gasteiger partial charge < -0.3 is 10.1 Å². The SMILES string of the molecule is COc1ccc(C2=CC(c3c(C)nn(-c4ccccc4)c3-n3nnc4ccccc43)n3cnnc3N2)cc1. The Kier molecular flexibility index (Phi) is 5.03. The highest BCUT2D eigenvalue weighted by molar-refractivity contribution is 5.79. The Morgan fingerprint density at radius 1 is 0.868 bits per heavy atom. The smallest absolute Gasteiger partial charge is 0.229 e. The first-order valence-electron chi connectivity index (χ1n) is 12.2. The Hall–Kier alpha value is -5.25. The maximum atomic E-state index is 5.35. The van der Waals surface area contributed by atoms with Crippen molar-refractivity contribution >= 4 is 22.7 Å². The second-order valence-electron chi connectivity index (χ2n) is 9.00. The van der Waals surface area contributed by atoms with Crippen molar-refractivity contribution in [3.63, 3.8) is 0 Å². The van der Waals surface area contributed by atoms with Gasteiger partial charge in [0.2, 0.25) is 5.95 Å². The highest BCUT2D eigenvalue weighted by Gasteiger charge is 2.31. The van der Waals surface area contributed by atoms with E-state index in [9.17, 15) is 0 Å². The first-order valence-corrected chi connectivity index (χ1v) is 12.2. The molecule has 186 valence electrons. The highest BCUT2D eigenvalue weighted by atomic mass is 16.5. The van der Waals surface area contributed by atoms with Gasteiger partial charge in [-0.1, -0.05) is 35.5 Å². The second-order valence-corrected chi connectivity index (χ2v) is 9.00. The van der Waals surface area contributed by atoms with Crippen LogP contribution in [0.1, 0.15) is 22.9 Å². The Balaban J connectivity index is 1.48. The summed E-state index contributed by atoms with van der Waals surface area (Å²) in [5, 5.41) is 26.0. The number of hydrogen-bond acceptors (Lipinski definition) is 7. The van der Waals surface area contributed by atoms with Crippen molar-refractivity contribution in [2.75, 3.05) is 12.4 Å². The Labute approximate surface area is 217 Å². The summed E-state index contributed by atoms with van der Waals surface area (Å²) >= 11 is 0. The summed E-state index contributed by atoms with van der Waals surface area (Å²) in [5.74, 6) is 2.24. The molecule has 38 heavy (non-hydrogen) atoms. The van der Waals surface area contributed by atoms with Crippen molar-refractivity contribution in [3.8, 4) is 17.3 Å². The minimum absolute atomic E-state index is 0.256. The summed E-state index contributed by atoms with van der Waals surface area (Å²) < 4.78 is 11.2. The zero-order chi connectivity index (χ0) is 25.6. The molecule has 7 rings (SSSR count). The van der Waals surface area contributed by atoms with Gasteiger partial charge in [-0.15, -0.1) is 15.3 Å². The van der Waals surface area contributed by atoms with E-state index in [1.54, 1.807) is 13.4 Å². The zero-order valence-electron chi connectivity index (χ0n) is 20.7. The van der Waals surface area contributed by atoms with E-state index >= 15 is 0 Å². The van der Waals surface area contributed by atoms with Gasteiger partial charge in [0.25, 0.3) is 0 Å². The van der Waals surface area contributed by atoms with E-state index in [1.807, 2.05) is 99.7 Å². The molecule has 0 saturated carbocycles. The van der Waals surface area contributed by atoms with Crippen LogP contribution in [0, 0.1) is 6.92 Å². The van der Waals surface area contributed by atoms with E-state index in [2.05, 4.69) is 31.9 Å². The number of nitrogens with one attached hydrogen (secondary N) is 1. The minimum atomic E-state index is -0.256. The number of anilines is 1. The molecule has 0 saturated heterocycles. The Morgan fingerprint density at radius 2 is 1.66 bits per heavy atom. The highest BCUT2D eigenvalue weighted by Crippen LogP contribution is 2.38. The molecule has 4 heterocycles. The third-order valence-electron chi connectivity index (χ3n) is 6.78. The molecule has 1 aliphatic rings. The molecule has 0 fully saturated rings. The molecule has 3 aromatic carbocycles. The predicted molar refractivity (Wildman–Crippen MR) is 143 cm³/mol. The van der Waals surface area contributed by atoms with Gasteiger partial charge in [-0.2, -0.15) is 9.78 Å². The van der Waals surface area contributed by atoms with E-state index in [-0.39, 0.29) is 6.04 Å². The van der Waals surface area contributed by atoms with Gasteiger partial charge in [0.1, 0.15) is 17.6 Å². The first-order chi connectivity index (χ1) is 18.7. The number of rotatable bonds is 5. The van der Waals surface area contributed by atoms with Gasteiger partial charge in [-0.05, 0) is 67.1 Å². The molecule has 6 aromatic rings. The number of fused-ring (bicyclic) bond motifs is 2. The number of hydrogen-bond donors (Lipinski definition) is 1. The van der Waals surface area contributed by atoms with Crippen LogP contribution < -0.4 is 10.1 Å². The molecular formula is C28H23N9O. The van der Waals surface area contributed by atoms with E-state index in [0.717, 1.165) is 50.8 Å². The average Bonchev–Trinajstić information content (AvgIpc) is 3.70. The monoisotopic (exact) mass is 501 g/mol. The lowest BCUT2D eigenvalue weighted by molar-refractivity contribution is 0.415. The molecule has 1 unspecified atom stereocenters. The normalized spacial score (nSPS) is 14.7. The van der Waals surface area contributed by atoms with Gasteiger partial charge in [-0.3, -0.25) is 4.57 Å². The van der Waals surface area contributed by atoms with E-state index in [1.165, 1.54) is 0 Å². The number of para-hydroxylation sites is 2. The van der Waals surface area contributed by atoms with Gasteiger partial charge in [0, 0.05) is 11.3 Å². The summed E-state index contributed by atoms with van der Waals surface area (Å²) in [7, 11) is 1.66. The maximum Gasteiger partial charge on any atom is 0.229 e. The van der Waals surface area contributed by atoms with Crippen LogP contribution in [0.15, 0.2) is 91.3 Å². The molecule has 1 aliphatic heterocycles. The molecular weight excluding hydrogens is 478 g/mol. The molecule has 0 radical (unpaired) electrons. The van der Waals surface area contributed by atoms with Crippen LogP contribution in [-0.2, 0) is 0 Å². The van der Waals surface area contributed by atoms with Gasteiger partial charge in [0.15, 0.2) is 5.82 Å². The number of ether oxygens (including phenoxy) is 1. The topological polar surface area (TPSA) is 101 Å². The minimum Gasteiger partial charge on any atom is -0.497 e. The Bertz CT molecular complexity index is 1800. The standard InChI is InChI=1S/C28H23N9O/c1-18-26(25-16-23(30-28-32-29-17-35(25)28)19-12-14-21(38-2)15-13-19)27(36(33-18)20-8-4-3-5-9-20)37-24-11-7-6-10-22(24)31-34-37/h3-17,25H,1-2H3,(H,30,32). The van der Waals surface area contributed by atoms with Crippen LogP contribution in [-0.4, -0.2) is 46.6 Å². The number of nitrogens with zero attached hydrogens (tertiary/aromatic N) is 8. The quantitative estimate of drug-likeness (QED) is 0.369. The summed E-state index contributed by atoms with van der Waals surface area (Å²) in [6.07, 6.45) is 3.90. The number of allylic oxidation sites excluding steroid dienone is 1. The zero-order valence-corrected chi connectivity index (χ0v) is 20.7. The maximum absolute atomic E-state index is 5.35. The molecule has 0 aliphatic carbocycles. The van der Waals surface area contributed by atoms with E-state index in [0.29, 0.717) is 5.95 Å². The fourth-order valence-electron chi connectivity index (χ4n) is 4.95. The third-order valence-corrected chi connectivity index (χ3v) is 6.78. The van der Waals surface area contributed by atoms with Crippen LogP contribution in [0.3, 0.4) is 0 Å². The van der Waals surface area contributed by atoms with Crippen molar-refractivity contribution in [1.82, 2.24) is 39.5 Å². The Morgan fingerprint density at radius 3 is 2.47 bits per heavy atom. The fourth-order valence-corrected chi connectivity index (χ4v) is 4.95. The molecule has 10 nitrogen and oxygen atoms in total. The summed E-state index contributed by atoms with van der Waals surface area (Å²) in [5.41, 5.74) is 6.38. The molecule has 0 amide bonds. The first kappa shape index (κ1) is 22.0.